The first-order chi connectivity index (χ1) is 24.4. The number of methoxy groups -OCH3 is 1. The highest BCUT2D eigenvalue weighted by Gasteiger charge is 2.44. The molecule has 6 heteroatoms. The van der Waals surface area contributed by atoms with E-state index in [9.17, 15) is 9.59 Å². The van der Waals surface area contributed by atoms with Gasteiger partial charge in [-0.2, -0.15) is 4.58 Å². The lowest BCUT2D eigenvalue weighted by Gasteiger charge is -2.27. The number of carbonyl (C=O) groups is 2. The van der Waals surface area contributed by atoms with Crippen molar-refractivity contribution in [3.05, 3.63) is 131 Å². The van der Waals surface area contributed by atoms with Gasteiger partial charge in [0.25, 0.3) is 0 Å². The first-order valence-electron chi connectivity index (χ1n) is 17.9. The highest BCUT2D eigenvalue weighted by Crippen LogP contribution is 2.51. The van der Waals surface area contributed by atoms with E-state index >= 15 is 0 Å². The van der Waals surface area contributed by atoms with Crippen LogP contribution in [0, 0.1) is 0 Å². The lowest BCUT2D eigenvalue weighted by molar-refractivity contribution is -0.401. The maximum Gasteiger partial charge on any atom is 0.338 e. The molecule has 0 fully saturated rings. The first-order valence-corrected chi connectivity index (χ1v) is 17.9. The van der Waals surface area contributed by atoms with E-state index < -0.39 is 5.97 Å². The van der Waals surface area contributed by atoms with Gasteiger partial charge in [-0.05, 0) is 90.6 Å². The highest BCUT2D eigenvalue weighted by atomic mass is 16.5. The molecule has 0 saturated heterocycles. The zero-order chi connectivity index (χ0) is 36.5. The summed E-state index contributed by atoms with van der Waals surface area (Å²) in [6.07, 6.45) is 12.7. The van der Waals surface area contributed by atoms with Crippen LogP contribution in [0.15, 0.2) is 120 Å². The number of hydrogen-bond donors (Lipinski definition) is 1. The molecule has 2 aliphatic heterocycles. The number of allylic oxidation sites excluding steroid dienone is 6. The van der Waals surface area contributed by atoms with Gasteiger partial charge in [-0.25, -0.2) is 4.79 Å². The molecule has 6 nitrogen and oxygen atoms in total. The molecule has 6 rings (SSSR count). The van der Waals surface area contributed by atoms with Crippen LogP contribution in [0.4, 0.5) is 11.4 Å². The van der Waals surface area contributed by atoms with E-state index in [2.05, 4.69) is 129 Å². The van der Waals surface area contributed by atoms with Gasteiger partial charge in [-0.15, -0.1) is 0 Å². The lowest BCUT2D eigenvalue weighted by Crippen LogP contribution is -2.27. The fraction of sp³-hybridized carbons (Fsp3) is 0.311. The van der Waals surface area contributed by atoms with Gasteiger partial charge in [0, 0.05) is 47.5 Å². The second-order valence-corrected chi connectivity index (χ2v) is 14.7. The van der Waals surface area contributed by atoms with Gasteiger partial charge in [0.05, 0.1) is 18.1 Å². The third-order valence-electron chi connectivity index (χ3n) is 10.8. The van der Waals surface area contributed by atoms with Crippen molar-refractivity contribution in [1.29, 1.82) is 0 Å². The molecule has 0 bridgehead atoms. The molecule has 51 heavy (non-hydrogen) atoms. The Bertz CT molecular complexity index is 2190. The minimum atomic E-state index is -0.754. The van der Waals surface area contributed by atoms with Crippen molar-refractivity contribution in [3.63, 3.8) is 0 Å². The summed E-state index contributed by atoms with van der Waals surface area (Å²) in [6.45, 7) is 11.8. The Morgan fingerprint density at radius 2 is 1.47 bits per heavy atom. The van der Waals surface area contributed by atoms with Crippen molar-refractivity contribution in [2.45, 2.75) is 71.1 Å². The molecule has 1 N–H and O–H groups in total. The predicted molar refractivity (Wildman–Crippen MR) is 209 cm³/mol. The standard InChI is InChI=1S/C45H48N2O4/c1-30(33(43(50)51-7)20-15-21-38-44(2,3)41-34-18-12-10-16-31(34)24-26-36(41)46(38)6)23-28-39-45(4,5)42-35-19-13-11-17-32(35)25-27-37(42)47(39)29-14-8-9-22-40(48)49/h10-13,15-21,23-28H,8-9,14,22,29H2,1-7H3/p+1. The second kappa shape index (κ2) is 14.2. The Morgan fingerprint density at radius 3 is 2.14 bits per heavy atom. The summed E-state index contributed by atoms with van der Waals surface area (Å²) < 4.78 is 7.52. The van der Waals surface area contributed by atoms with Crippen molar-refractivity contribution in [2.75, 3.05) is 25.6 Å². The molecule has 0 atom stereocenters. The number of carbonyl (C=O) groups excluding carboxylic acids is 1. The lowest BCUT2D eigenvalue weighted by atomic mass is 9.79. The van der Waals surface area contributed by atoms with Crippen LogP contribution in [0.2, 0.25) is 0 Å². The van der Waals surface area contributed by atoms with Crippen LogP contribution in [0.5, 0.6) is 0 Å². The molecule has 4 aromatic carbocycles. The third kappa shape index (κ3) is 6.56. The normalized spacial score (nSPS) is 17.5. The molecule has 0 aromatic heterocycles. The Morgan fingerprint density at radius 1 is 0.824 bits per heavy atom. The maximum absolute atomic E-state index is 13.2. The fourth-order valence-electron chi connectivity index (χ4n) is 8.19. The van der Waals surface area contributed by atoms with Gasteiger partial charge in [0.1, 0.15) is 7.05 Å². The van der Waals surface area contributed by atoms with Crippen molar-refractivity contribution >= 4 is 50.6 Å². The quantitative estimate of drug-likeness (QED) is 0.0561. The molecule has 0 aliphatic carbocycles. The molecule has 2 heterocycles. The van der Waals surface area contributed by atoms with Crippen LogP contribution in [0.1, 0.15) is 71.4 Å². The van der Waals surface area contributed by atoms with Crippen LogP contribution >= 0.6 is 0 Å². The molecule has 4 aromatic rings. The van der Waals surface area contributed by atoms with Crippen LogP contribution in [0.3, 0.4) is 0 Å². The number of carboxylic acids is 1. The topological polar surface area (TPSA) is 69.9 Å². The first kappa shape index (κ1) is 35.6. The molecule has 2 aliphatic rings. The zero-order valence-electron chi connectivity index (χ0n) is 30.9. The van der Waals surface area contributed by atoms with E-state index in [0.717, 1.165) is 36.4 Å². The number of anilines is 1. The summed E-state index contributed by atoms with van der Waals surface area (Å²) in [5.74, 6) is -1.14. The molecule has 0 unspecified atom stereocenters. The van der Waals surface area contributed by atoms with Crippen molar-refractivity contribution in [1.82, 2.24) is 0 Å². The third-order valence-corrected chi connectivity index (χ3v) is 10.8. The Labute approximate surface area is 301 Å². The number of rotatable bonds is 11. The van der Waals surface area contributed by atoms with Crippen molar-refractivity contribution < 1.29 is 24.0 Å². The Kier molecular flexibility index (Phi) is 9.90. The second-order valence-electron chi connectivity index (χ2n) is 14.7. The van der Waals surface area contributed by atoms with Crippen molar-refractivity contribution in [2.24, 2.45) is 0 Å². The minimum absolute atomic E-state index is 0.186. The maximum atomic E-state index is 13.2. The van der Waals surface area contributed by atoms with Crippen LogP contribution in [-0.2, 0) is 25.2 Å². The summed E-state index contributed by atoms with van der Waals surface area (Å²) in [6, 6.07) is 25.8. The van der Waals surface area contributed by atoms with E-state index in [1.54, 1.807) is 0 Å². The summed E-state index contributed by atoms with van der Waals surface area (Å²) in [4.78, 5) is 26.7. The Balaban J connectivity index is 1.34. The SMILES string of the molecule is COC(=O)C(=C\C=C\C1=[N+](C)c2ccc3ccccc3c2C1(C)C)/C(C)=C/C=C1/N(CCCCCC(=O)O)c2ccc3ccccc3c2C1(C)C. The summed E-state index contributed by atoms with van der Waals surface area (Å²) in [5.41, 5.74) is 7.99. The summed E-state index contributed by atoms with van der Waals surface area (Å²) >= 11 is 0. The number of fused-ring (bicyclic) bond motifs is 6. The van der Waals surface area contributed by atoms with Crippen LogP contribution in [-0.4, -0.2) is 48.0 Å². The van der Waals surface area contributed by atoms with Gasteiger partial charge in [0.2, 0.25) is 5.69 Å². The minimum Gasteiger partial charge on any atom is -0.481 e. The molecule has 0 saturated carbocycles. The van der Waals surface area contributed by atoms with E-state index in [1.165, 1.54) is 51.2 Å². The number of esters is 1. The number of nitrogens with zero attached hydrogens (tertiary/aromatic N) is 2. The molecular formula is C45H49N2O4+. The average Bonchev–Trinajstić information content (AvgIpc) is 3.45. The number of hydrogen-bond acceptors (Lipinski definition) is 4. The number of ether oxygens (including phenoxy) is 1. The van der Waals surface area contributed by atoms with Crippen LogP contribution in [0.25, 0.3) is 21.5 Å². The number of carboxylic acid groups (broad SMARTS) is 1. The van der Waals surface area contributed by atoms with Gasteiger partial charge in [-0.3, -0.25) is 4.79 Å². The smallest absolute Gasteiger partial charge is 0.338 e. The number of unbranched alkanes of at least 4 members (excludes halogenated alkanes) is 2. The van der Waals surface area contributed by atoms with E-state index in [-0.39, 0.29) is 23.2 Å². The molecule has 0 amide bonds. The average molecular weight is 682 g/mol. The van der Waals surface area contributed by atoms with Crippen LogP contribution < -0.4 is 4.90 Å². The number of aliphatic carboxylic acids is 1. The van der Waals surface area contributed by atoms with Gasteiger partial charge in [-0.1, -0.05) is 87.0 Å². The van der Waals surface area contributed by atoms with E-state index in [1.807, 2.05) is 25.2 Å². The summed E-state index contributed by atoms with van der Waals surface area (Å²) in [7, 11) is 3.52. The van der Waals surface area contributed by atoms with Gasteiger partial charge < -0.3 is 14.7 Å². The summed E-state index contributed by atoms with van der Waals surface area (Å²) in [5, 5.41) is 14.0. The van der Waals surface area contributed by atoms with E-state index in [0.29, 0.717) is 12.0 Å². The van der Waals surface area contributed by atoms with Gasteiger partial charge >= 0.3 is 11.9 Å². The molecular weight excluding hydrogens is 633 g/mol. The van der Waals surface area contributed by atoms with E-state index in [4.69, 9.17) is 9.84 Å². The van der Waals surface area contributed by atoms with Gasteiger partial charge in [0.15, 0.2) is 5.71 Å². The zero-order valence-corrected chi connectivity index (χ0v) is 30.9. The molecule has 0 radical (unpaired) electrons. The highest BCUT2D eigenvalue weighted by molar-refractivity contribution is 6.08. The largest absolute Gasteiger partial charge is 0.481 e. The monoisotopic (exact) mass is 681 g/mol. The molecule has 0 spiro atoms. The Hall–Kier alpha value is -5.23. The number of benzene rings is 4. The fourth-order valence-corrected chi connectivity index (χ4v) is 8.19. The van der Waals surface area contributed by atoms with Crippen molar-refractivity contribution in [3.8, 4) is 0 Å². The predicted octanol–water partition coefficient (Wildman–Crippen LogP) is 9.93. The molecule has 262 valence electrons.